The zero-order valence-electron chi connectivity index (χ0n) is 9.83. The zero-order valence-corrected chi connectivity index (χ0v) is 10.6. The third-order valence-corrected chi connectivity index (χ3v) is 4.22. The van der Waals surface area contributed by atoms with Crippen molar-refractivity contribution in [1.29, 1.82) is 0 Å². The summed E-state index contributed by atoms with van der Waals surface area (Å²) in [5.74, 6) is -1.51. The van der Waals surface area contributed by atoms with Crippen LogP contribution >= 0.6 is 11.8 Å². The third kappa shape index (κ3) is 3.53. The Balaban J connectivity index is 1.90. The monoisotopic (exact) mass is 272 g/mol. The molecule has 0 spiro atoms. The van der Waals surface area contributed by atoms with Crippen LogP contribution in [0.2, 0.25) is 0 Å². The van der Waals surface area contributed by atoms with Crippen LogP contribution in [0.1, 0.15) is 23.2 Å². The van der Waals surface area contributed by atoms with E-state index < -0.39 is 11.6 Å². The Bertz CT molecular complexity index is 431. The molecule has 0 aliphatic carbocycles. The molecule has 1 fully saturated rings. The SMILES string of the molecule is O=C(CSC1CCOCC1)c1ccc(F)cc1F. The number of Topliss-reactive ketones (excluding diaryl/α,β-unsaturated/α-hetero) is 1. The number of hydrogen-bond donors (Lipinski definition) is 0. The van der Waals surface area contributed by atoms with Gasteiger partial charge in [0.25, 0.3) is 0 Å². The molecule has 2 rings (SSSR count). The maximum atomic E-state index is 13.4. The van der Waals surface area contributed by atoms with Gasteiger partial charge < -0.3 is 4.74 Å². The van der Waals surface area contributed by atoms with Gasteiger partial charge in [0.2, 0.25) is 0 Å². The van der Waals surface area contributed by atoms with Crippen LogP contribution in [-0.2, 0) is 4.74 Å². The van der Waals surface area contributed by atoms with Crippen molar-refractivity contribution in [2.24, 2.45) is 0 Å². The number of halogens is 2. The molecule has 0 N–H and O–H groups in total. The van der Waals surface area contributed by atoms with Gasteiger partial charge in [0.15, 0.2) is 5.78 Å². The fraction of sp³-hybridized carbons (Fsp3) is 0.462. The van der Waals surface area contributed by atoms with Crippen LogP contribution in [0.4, 0.5) is 8.78 Å². The molecule has 18 heavy (non-hydrogen) atoms. The summed E-state index contributed by atoms with van der Waals surface area (Å²) in [6.07, 6.45) is 1.84. The van der Waals surface area contributed by atoms with E-state index >= 15 is 0 Å². The topological polar surface area (TPSA) is 26.3 Å². The van der Waals surface area contributed by atoms with Gasteiger partial charge in [0.05, 0.1) is 11.3 Å². The molecule has 1 heterocycles. The first-order chi connectivity index (χ1) is 8.66. The van der Waals surface area contributed by atoms with Gasteiger partial charge in [-0.3, -0.25) is 4.79 Å². The van der Waals surface area contributed by atoms with E-state index in [2.05, 4.69) is 0 Å². The van der Waals surface area contributed by atoms with Crippen molar-refractivity contribution < 1.29 is 18.3 Å². The van der Waals surface area contributed by atoms with E-state index in [0.717, 1.165) is 38.2 Å². The summed E-state index contributed by atoms with van der Waals surface area (Å²) in [6, 6.07) is 3.05. The average Bonchev–Trinajstić information content (AvgIpc) is 2.37. The fourth-order valence-corrected chi connectivity index (χ4v) is 2.90. The molecule has 5 heteroatoms. The van der Waals surface area contributed by atoms with Crippen LogP contribution in [0.25, 0.3) is 0 Å². The van der Waals surface area contributed by atoms with Crippen molar-refractivity contribution in [2.45, 2.75) is 18.1 Å². The van der Waals surface area contributed by atoms with Crippen molar-refractivity contribution in [1.82, 2.24) is 0 Å². The minimum Gasteiger partial charge on any atom is -0.381 e. The normalized spacial score (nSPS) is 16.8. The number of hydrogen-bond acceptors (Lipinski definition) is 3. The van der Waals surface area contributed by atoms with E-state index in [1.165, 1.54) is 17.8 Å². The van der Waals surface area contributed by atoms with Crippen molar-refractivity contribution in [3.63, 3.8) is 0 Å². The van der Waals surface area contributed by atoms with Gasteiger partial charge in [-0.05, 0) is 25.0 Å². The van der Waals surface area contributed by atoms with E-state index in [1.54, 1.807) is 0 Å². The summed E-state index contributed by atoms with van der Waals surface area (Å²) < 4.78 is 31.3. The molecule has 0 unspecified atom stereocenters. The Labute approximate surface area is 109 Å². The highest BCUT2D eigenvalue weighted by atomic mass is 32.2. The van der Waals surface area contributed by atoms with E-state index in [4.69, 9.17) is 4.74 Å². The molecule has 1 saturated heterocycles. The maximum absolute atomic E-state index is 13.4. The van der Waals surface area contributed by atoms with Crippen molar-refractivity contribution in [3.8, 4) is 0 Å². The lowest BCUT2D eigenvalue weighted by atomic mass is 10.1. The van der Waals surface area contributed by atoms with Crippen LogP contribution in [0.5, 0.6) is 0 Å². The molecule has 0 radical (unpaired) electrons. The second-order valence-corrected chi connectivity index (χ2v) is 5.46. The van der Waals surface area contributed by atoms with Gasteiger partial charge in [-0.15, -0.1) is 0 Å². The number of rotatable bonds is 4. The van der Waals surface area contributed by atoms with Crippen molar-refractivity contribution >= 4 is 17.5 Å². The summed E-state index contributed by atoms with van der Waals surface area (Å²) in [6.45, 7) is 1.44. The number of carbonyl (C=O) groups is 1. The highest BCUT2D eigenvalue weighted by molar-refractivity contribution is 8.00. The summed E-state index contributed by atoms with van der Waals surface area (Å²) in [7, 11) is 0. The van der Waals surface area contributed by atoms with Gasteiger partial charge in [-0.25, -0.2) is 8.78 Å². The highest BCUT2D eigenvalue weighted by Crippen LogP contribution is 2.23. The predicted molar refractivity (Wildman–Crippen MR) is 67.0 cm³/mol. The first-order valence-electron chi connectivity index (χ1n) is 5.84. The maximum Gasteiger partial charge on any atom is 0.175 e. The van der Waals surface area contributed by atoms with E-state index in [1.807, 2.05) is 0 Å². The molecule has 0 saturated carbocycles. The van der Waals surface area contributed by atoms with Crippen LogP contribution in [0, 0.1) is 11.6 Å². The molecule has 0 atom stereocenters. The number of ketones is 1. The predicted octanol–water partition coefficient (Wildman–Crippen LogP) is 3.06. The zero-order chi connectivity index (χ0) is 13.0. The Kier molecular flexibility index (Phi) is 4.72. The molecule has 2 nitrogen and oxygen atoms in total. The smallest absolute Gasteiger partial charge is 0.175 e. The summed E-state index contributed by atoms with van der Waals surface area (Å²) >= 11 is 1.52. The van der Waals surface area contributed by atoms with Gasteiger partial charge >= 0.3 is 0 Å². The molecule has 1 aromatic carbocycles. The van der Waals surface area contributed by atoms with Crippen LogP contribution < -0.4 is 0 Å². The van der Waals surface area contributed by atoms with Crippen LogP contribution in [0.15, 0.2) is 18.2 Å². The van der Waals surface area contributed by atoms with E-state index in [0.29, 0.717) is 5.25 Å². The first-order valence-corrected chi connectivity index (χ1v) is 6.89. The Morgan fingerprint density at radius 3 is 2.72 bits per heavy atom. The lowest BCUT2D eigenvalue weighted by molar-refractivity contribution is 0.0987. The molecule has 1 aliphatic rings. The lowest BCUT2D eigenvalue weighted by Gasteiger charge is -2.21. The quantitative estimate of drug-likeness (QED) is 0.788. The second-order valence-electron chi connectivity index (χ2n) is 4.17. The Hall–Kier alpha value is -0.940. The van der Waals surface area contributed by atoms with E-state index in [-0.39, 0.29) is 17.1 Å². The molecule has 0 aromatic heterocycles. The largest absolute Gasteiger partial charge is 0.381 e. The summed E-state index contributed by atoms with van der Waals surface area (Å²) in [5, 5.41) is 0.395. The minimum absolute atomic E-state index is 0.0315. The molecule has 1 aliphatic heterocycles. The van der Waals surface area contributed by atoms with Crippen LogP contribution in [0.3, 0.4) is 0 Å². The molecule has 98 valence electrons. The standard InChI is InChI=1S/C13H14F2O2S/c14-9-1-2-11(12(15)7-9)13(16)8-18-10-3-5-17-6-4-10/h1-2,7,10H,3-6,8H2. The number of ether oxygens (including phenoxy) is 1. The fourth-order valence-electron chi connectivity index (χ4n) is 1.83. The number of carbonyl (C=O) groups excluding carboxylic acids is 1. The molecular formula is C13H14F2O2S. The summed E-state index contributed by atoms with van der Waals surface area (Å²) in [5.41, 5.74) is -0.0315. The minimum atomic E-state index is -0.785. The van der Waals surface area contributed by atoms with Gasteiger partial charge in [0, 0.05) is 24.5 Å². The third-order valence-electron chi connectivity index (χ3n) is 2.85. The molecule has 1 aromatic rings. The Morgan fingerprint density at radius 2 is 2.06 bits per heavy atom. The van der Waals surface area contributed by atoms with Crippen LogP contribution in [-0.4, -0.2) is 30.0 Å². The highest BCUT2D eigenvalue weighted by Gasteiger charge is 2.18. The van der Waals surface area contributed by atoms with Gasteiger partial charge in [-0.2, -0.15) is 11.8 Å². The molecule has 0 amide bonds. The lowest BCUT2D eigenvalue weighted by Crippen LogP contribution is -2.19. The van der Waals surface area contributed by atoms with Gasteiger partial charge in [0.1, 0.15) is 11.6 Å². The van der Waals surface area contributed by atoms with Crippen molar-refractivity contribution in [3.05, 3.63) is 35.4 Å². The van der Waals surface area contributed by atoms with Gasteiger partial charge in [-0.1, -0.05) is 0 Å². The average molecular weight is 272 g/mol. The Morgan fingerprint density at radius 1 is 1.33 bits per heavy atom. The number of benzene rings is 1. The second kappa shape index (κ2) is 6.29. The molecule has 0 bridgehead atoms. The van der Waals surface area contributed by atoms with E-state index in [9.17, 15) is 13.6 Å². The first kappa shape index (κ1) is 13.5. The van der Waals surface area contributed by atoms with Crippen molar-refractivity contribution in [2.75, 3.05) is 19.0 Å². The number of thioether (sulfide) groups is 1. The molecular weight excluding hydrogens is 258 g/mol. The summed E-state index contributed by atoms with van der Waals surface area (Å²) in [4.78, 5) is 11.8.